The van der Waals surface area contributed by atoms with Gasteiger partial charge in [0.2, 0.25) is 0 Å². The van der Waals surface area contributed by atoms with E-state index >= 15 is 0 Å². The maximum Gasteiger partial charge on any atom is 0.296 e. The maximum absolute atomic E-state index is 13.3. The minimum absolute atomic E-state index is 0.0508. The highest BCUT2D eigenvalue weighted by Gasteiger charge is 2.46. The summed E-state index contributed by atoms with van der Waals surface area (Å²) in [7, 11) is 1.52. The van der Waals surface area contributed by atoms with Gasteiger partial charge >= 0.3 is 0 Å². The molecule has 1 unspecified atom stereocenters. The highest BCUT2D eigenvalue weighted by Crippen LogP contribution is 2.40. The van der Waals surface area contributed by atoms with E-state index in [1.54, 1.807) is 54.7 Å². The fraction of sp³-hybridized carbons (Fsp3) is 0.125. The van der Waals surface area contributed by atoms with Crippen molar-refractivity contribution >= 4 is 33.4 Å². The molecular formula is C24H18BrFN2O4. The zero-order chi connectivity index (χ0) is 22.8. The Hall–Kier alpha value is -3.52. The highest BCUT2D eigenvalue weighted by atomic mass is 79.9. The molecule has 2 heterocycles. The fourth-order valence-electron chi connectivity index (χ4n) is 3.64. The Balaban J connectivity index is 1.84. The van der Waals surface area contributed by atoms with E-state index in [0.29, 0.717) is 27.0 Å². The van der Waals surface area contributed by atoms with Gasteiger partial charge in [-0.25, -0.2) is 4.39 Å². The van der Waals surface area contributed by atoms with Gasteiger partial charge in [-0.15, -0.1) is 0 Å². The topological polar surface area (TPSA) is 79.7 Å². The van der Waals surface area contributed by atoms with Crippen LogP contribution in [0.5, 0.6) is 5.75 Å². The second-order valence-electron chi connectivity index (χ2n) is 7.16. The molecule has 8 heteroatoms. The van der Waals surface area contributed by atoms with Gasteiger partial charge in [-0.2, -0.15) is 0 Å². The largest absolute Gasteiger partial charge is 0.507 e. The molecule has 1 fully saturated rings. The number of rotatable bonds is 5. The summed E-state index contributed by atoms with van der Waals surface area (Å²) < 4.78 is 19.1. The summed E-state index contributed by atoms with van der Waals surface area (Å²) in [5.74, 6) is -1.74. The molecule has 0 bridgehead atoms. The number of Topliss-reactive ketones (excluding diaryl/α,β-unsaturated/α-hetero) is 1. The van der Waals surface area contributed by atoms with Crippen molar-refractivity contribution < 1.29 is 23.8 Å². The molecular weight excluding hydrogens is 479 g/mol. The molecule has 0 aliphatic carbocycles. The van der Waals surface area contributed by atoms with Gasteiger partial charge in [-0.3, -0.25) is 14.6 Å². The Bertz CT molecular complexity index is 1210. The van der Waals surface area contributed by atoms with Crippen molar-refractivity contribution in [2.24, 2.45) is 0 Å². The molecule has 1 aliphatic rings. The molecule has 4 rings (SSSR count). The lowest BCUT2D eigenvalue weighted by Gasteiger charge is -2.24. The summed E-state index contributed by atoms with van der Waals surface area (Å²) >= 11 is 3.37. The molecule has 0 saturated carbocycles. The SMILES string of the molecule is COc1ccc(/C(O)=C2/C(=O)C(=O)N(Cc3ccc(F)cc3)C2c2ccccn2)cc1Br. The third-order valence-electron chi connectivity index (χ3n) is 5.20. The van der Waals surface area contributed by atoms with Crippen molar-refractivity contribution in [3.63, 3.8) is 0 Å². The highest BCUT2D eigenvalue weighted by molar-refractivity contribution is 9.10. The van der Waals surface area contributed by atoms with Crippen LogP contribution < -0.4 is 4.74 Å². The van der Waals surface area contributed by atoms with E-state index in [0.717, 1.165) is 0 Å². The summed E-state index contributed by atoms with van der Waals surface area (Å²) in [5, 5.41) is 11.1. The van der Waals surface area contributed by atoms with Crippen molar-refractivity contribution in [1.82, 2.24) is 9.88 Å². The van der Waals surface area contributed by atoms with E-state index in [-0.39, 0.29) is 17.9 Å². The van der Waals surface area contributed by atoms with Crippen LogP contribution in [0.1, 0.15) is 22.9 Å². The number of aliphatic hydroxyl groups excluding tert-OH is 1. The van der Waals surface area contributed by atoms with E-state index in [2.05, 4.69) is 20.9 Å². The van der Waals surface area contributed by atoms with Gasteiger partial charge in [-0.1, -0.05) is 18.2 Å². The van der Waals surface area contributed by atoms with Gasteiger partial charge in [0, 0.05) is 18.3 Å². The molecule has 162 valence electrons. The lowest BCUT2D eigenvalue weighted by atomic mass is 9.98. The molecule has 1 saturated heterocycles. The molecule has 3 aromatic rings. The number of pyridine rings is 1. The maximum atomic E-state index is 13.3. The molecule has 1 N–H and O–H groups in total. The van der Waals surface area contributed by atoms with Crippen LogP contribution in [0.4, 0.5) is 4.39 Å². The normalized spacial score (nSPS) is 17.6. The minimum Gasteiger partial charge on any atom is -0.507 e. The summed E-state index contributed by atoms with van der Waals surface area (Å²) in [6.07, 6.45) is 1.55. The van der Waals surface area contributed by atoms with Crippen LogP contribution in [-0.2, 0) is 16.1 Å². The number of hydrogen-bond donors (Lipinski definition) is 1. The number of aliphatic hydroxyl groups is 1. The number of amides is 1. The van der Waals surface area contributed by atoms with E-state index in [4.69, 9.17) is 4.74 Å². The lowest BCUT2D eigenvalue weighted by molar-refractivity contribution is -0.140. The zero-order valence-electron chi connectivity index (χ0n) is 17.0. The second-order valence-corrected chi connectivity index (χ2v) is 8.01. The average Bonchev–Trinajstić information content (AvgIpc) is 3.05. The number of ketones is 1. The van der Waals surface area contributed by atoms with Crippen molar-refractivity contribution in [2.45, 2.75) is 12.6 Å². The molecule has 6 nitrogen and oxygen atoms in total. The first-order valence-electron chi connectivity index (χ1n) is 9.68. The lowest BCUT2D eigenvalue weighted by Crippen LogP contribution is -2.29. The van der Waals surface area contributed by atoms with Crippen LogP contribution in [0.25, 0.3) is 5.76 Å². The predicted molar refractivity (Wildman–Crippen MR) is 119 cm³/mol. The number of aromatic nitrogens is 1. The Morgan fingerprint density at radius 1 is 1.16 bits per heavy atom. The minimum atomic E-state index is -0.901. The third kappa shape index (κ3) is 4.01. The van der Waals surface area contributed by atoms with Crippen LogP contribution in [0, 0.1) is 5.82 Å². The summed E-state index contributed by atoms with van der Waals surface area (Å²) in [6.45, 7) is 0.0508. The van der Waals surface area contributed by atoms with E-state index in [1.807, 2.05) is 0 Å². The first-order chi connectivity index (χ1) is 15.4. The Kier molecular flexibility index (Phi) is 6.05. The third-order valence-corrected chi connectivity index (χ3v) is 5.82. The zero-order valence-corrected chi connectivity index (χ0v) is 18.5. The van der Waals surface area contributed by atoms with Gasteiger partial charge in [-0.05, 0) is 64.0 Å². The number of likely N-dealkylation sites (tertiary alicyclic amines) is 1. The van der Waals surface area contributed by atoms with E-state index in [9.17, 15) is 19.1 Å². The van der Waals surface area contributed by atoms with Crippen LogP contribution in [0.2, 0.25) is 0 Å². The van der Waals surface area contributed by atoms with Crippen LogP contribution in [0.3, 0.4) is 0 Å². The van der Waals surface area contributed by atoms with Gasteiger partial charge in [0.1, 0.15) is 23.4 Å². The smallest absolute Gasteiger partial charge is 0.296 e. The van der Waals surface area contributed by atoms with Gasteiger partial charge in [0.25, 0.3) is 11.7 Å². The summed E-state index contributed by atoms with van der Waals surface area (Å²) in [5.41, 5.74) is 1.36. The Morgan fingerprint density at radius 2 is 1.91 bits per heavy atom. The second kappa shape index (κ2) is 8.92. The molecule has 1 aromatic heterocycles. The molecule has 1 amide bonds. The quantitative estimate of drug-likeness (QED) is 0.317. The number of ether oxygens (including phenoxy) is 1. The van der Waals surface area contributed by atoms with Crippen LogP contribution in [0.15, 0.2) is 76.9 Å². The van der Waals surface area contributed by atoms with Crippen molar-refractivity contribution in [3.8, 4) is 5.75 Å². The number of carbonyl (C=O) groups is 2. The number of nitrogens with zero attached hydrogens (tertiary/aromatic N) is 2. The summed E-state index contributed by atoms with van der Waals surface area (Å²) in [4.78, 5) is 31.7. The summed E-state index contributed by atoms with van der Waals surface area (Å²) in [6, 6.07) is 14.8. The van der Waals surface area contributed by atoms with E-state index < -0.39 is 23.5 Å². The van der Waals surface area contributed by atoms with Crippen molar-refractivity contribution in [3.05, 3.63) is 99.5 Å². The molecule has 2 aromatic carbocycles. The van der Waals surface area contributed by atoms with Crippen LogP contribution >= 0.6 is 15.9 Å². The number of methoxy groups -OCH3 is 1. The first-order valence-corrected chi connectivity index (χ1v) is 10.5. The van der Waals surface area contributed by atoms with Crippen molar-refractivity contribution in [1.29, 1.82) is 0 Å². The standard InChI is InChI=1S/C24H18BrFN2O4/c1-32-19-10-7-15(12-17(19)25)22(29)20-21(18-4-2-3-11-27-18)28(24(31)23(20)30)13-14-5-8-16(26)9-6-14/h2-12,21,29H,13H2,1H3/b22-20-. The molecule has 0 radical (unpaired) electrons. The van der Waals surface area contributed by atoms with Crippen molar-refractivity contribution in [2.75, 3.05) is 7.11 Å². The molecule has 1 aliphatic heterocycles. The van der Waals surface area contributed by atoms with Gasteiger partial charge < -0.3 is 14.7 Å². The molecule has 1 atom stereocenters. The van der Waals surface area contributed by atoms with Gasteiger partial charge in [0.15, 0.2) is 0 Å². The van der Waals surface area contributed by atoms with Crippen LogP contribution in [-0.4, -0.2) is 33.8 Å². The van der Waals surface area contributed by atoms with E-state index in [1.165, 1.54) is 24.1 Å². The number of hydrogen-bond acceptors (Lipinski definition) is 5. The monoisotopic (exact) mass is 496 g/mol. The number of carbonyl (C=O) groups excluding carboxylic acids is 2. The molecule has 32 heavy (non-hydrogen) atoms. The molecule has 0 spiro atoms. The predicted octanol–water partition coefficient (Wildman–Crippen LogP) is 4.61. The Morgan fingerprint density at radius 3 is 2.53 bits per heavy atom. The number of benzene rings is 2. The van der Waals surface area contributed by atoms with Gasteiger partial charge in [0.05, 0.1) is 22.8 Å². The Labute approximate surface area is 192 Å². The first kappa shape index (κ1) is 21.7. The number of halogens is 2. The average molecular weight is 497 g/mol. The fourth-order valence-corrected chi connectivity index (χ4v) is 4.18.